The Balaban J connectivity index is 2.14. The minimum atomic E-state index is -0.983. The van der Waals surface area contributed by atoms with Gasteiger partial charge in [-0.3, -0.25) is 0 Å². The zero-order valence-corrected chi connectivity index (χ0v) is 9.43. The molecule has 1 rings (SSSR count). The summed E-state index contributed by atoms with van der Waals surface area (Å²) in [5.74, 6) is -0.807. The molecule has 0 unspecified atom stereocenters. The van der Waals surface area contributed by atoms with Gasteiger partial charge in [0.05, 0.1) is 6.61 Å². The number of hydrogen-bond donors (Lipinski definition) is 0. The third-order valence-electron chi connectivity index (χ3n) is 2.02. The quantitative estimate of drug-likeness (QED) is 0.340. The van der Waals surface area contributed by atoms with E-state index in [2.05, 4.69) is 11.3 Å². The fourth-order valence-electron chi connectivity index (χ4n) is 1.23. The molecule has 0 aliphatic carbocycles. The lowest BCUT2D eigenvalue weighted by Crippen LogP contribution is -2.12. The maximum Gasteiger partial charge on any atom is 0.516 e. The van der Waals surface area contributed by atoms with Gasteiger partial charge in [-0.1, -0.05) is 36.9 Å². The average molecular weight is 234 g/mol. The number of ether oxygens (including phenoxy) is 2. The van der Waals surface area contributed by atoms with Crippen LogP contribution in [0, 0.1) is 0 Å². The van der Waals surface area contributed by atoms with Gasteiger partial charge in [-0.05, 0) is 18.4 Å². The maximum atomic E-state index is 10.9. The van der Waals surface area contributed by atoms with Crippen LogP contribution in [-0.4, -0.2) is 18.7 Å². The van der Waals surface area contributed by atoms with Gasteiger partial charge in [0.2, 0.25) is 0 Å². The van der Waals surface area contributed by atoms with Crippen molar-refractivity contribution in [1.29, 1.82) is 0 Å². The number of aryl methyl sites for hydroxylation is 1. The molecule has 0 heterocycles. The normalized spacial score (nSPS) is 9.41. The lowest BCUT2D eigenvalue weighted by Gasteiger charge is -2.03. The van der Waals surface area contributed by atoms with E-state index in [1.165, 1.54) is 5.56 Å². The molecule has 0 bridgehead atoms. The van der Waals surface area contributed by atoms with E-state index in [4.69, 9.17) is 4.74 Å². The molecule has 0 saturated heterocycles. The summed E-state index contributed by atoms with van der Waals surface area (Å²) in [7, 11) is 0. The van der Waals surface area contributed by atoms with Crippen molar-refractivity contribution in [2.75, 3.05) is 6.61 Å². The van der Waals surface area contributed by atoms with Crippen molar-refractivity contribution in [2.45, 2.75) is 12.8 Å². The number of carbonyl (C=O) groups is 2. The summed E-state index contributed by atoms with van der Waals surface area (Å²) in [6.45, 7) is 3.39. The van der Waals surface area contributed by atoms with E-state index in [1.807, 2.05) is 30.3 Å². The molecule has 0 atom stereocenters. The van der Waals surface area contributed by atoms with E-state index in [1.54, 1.807) is 0 Å². The Bertz CT molecular complexity index is 384. The van der Waals surface area contributed by atoms with Gasteiger partial charge in [0.1, 0.15) is 0 Å². The second kappa shape index (κ2) is 7.22. The second-order valence-corrected chi connectivity index (χ2v) is 3.31. The molecule has 90 valence electrons. The molecule has 0 spiro atoms. The van der Waals surface area contributed by atoms with E-state index >= 15 is 0 Å². The van der Waals surface area contributed by atoms with Gasteiger partial charge in [0, 0.05) is 6.08 Å². The molecule has 0 saturated carbocycles. The number of hydrogen-bond acceptors (Lipinski definition) is 4. The Hall–Kier alpha value is -2.10. The molecule has 0 aliphatic heterocycles. The fraction of sp³-hybridized carbons (Fsp3) is 0.231. The zero-order valence-electron chi connectivity index (χ0n) is 9.43. The average Bonchev–Trinajstić information content (AvgIpc) is 2.36. The Morgan fingerprint density at radius 1 is 1.24 bits per heavy atom. The van der Waals surface area contributed by atoms with Crippen molar-refractivity contribution in [2.24, 2.45) is 0 Å². The molecule has 0 N–H and O–H groups in total. The van der Waals surface area contributed by atoms with Crippen molar-refractivity contribution in [3.8, 4) is 0 Å². The van der Waals surface area contributed by atoms with E-state index < -0.39 is 12.1 Å². The monoisotopic (exact) mass is 234 g/mol. The molecule has 0 amide bonds. The summed E-state index contributed by atoms with van der Waals surface area (Å²) in [6.07, 6.45) is 1.42. The SMILES string of the molecule is C=CC(=O)OC(=O)OCCCc1ccccc1. The molecule has 1 aromatic carbocycles. The van der Waals surface area contributed by atoms with E-state index in [9.17, 15) is 9.59 Å². The Morgan fingerprint density at radius 3 is 2.59 bits per heavy atom. The van der Waals surface area contributed by atoms with Gasteiger partial charge < -0.3 is 9.47 Å². The minimum absolute atomic E-state index is 0.220. The van der Waals surface area contributed by atoms with Gasteiger partial charge >= 0.3 is 12.1 Å². The highest BCUT2D eigenvalue weighted by Gasteiger charge is 2.07. The Morgan fingerprint density at radius 2 is 1.94 bits per heavy atom. The number of benzene rings is 1. The molecule has 4 heteroatoms. The van der Waals surface area contributed by atoms with Crippen LogP contribution < -0.4 is 0 Å². The predicted molar refractivity (Wildman–Crippen MR) is 62.4 cm³/mol. The van der Waals surface area contributed by atoms with Gasteiger partial charge in [-0.2, -0.15) is 0 Å². The first-order valence-corrected chi connectivity index (χ1v) is 5.27. The summed E-state index contributed by atoms with van der Waals surface area (Å²) in [4.78, 5) is 21.5. The van der Waals surface area contributed by atoms with Crippen molar-refractivity contribution < 1.29 is 19.1 Å². The van der Waals surface area contributed by atoms with Crippen LogP contribution in [0.2, 0.25) is 0 Å². The molecule has 17 heavy (non-hydrogen) atoms. The highest BCUT2D eigenvalue weighted by Crippen LogP contribution is 2.02. The number of rotatable bonds is 5. The third kappa shape index (κ3) is 5.51. The van der Waals surface area contributed by atoms with Crippen molar-refractivity contribution >= 4 is 12.1 Å². The maximum absolute atomic E-state index is 10.9. The molecule has 0 aliphatic rings. The molecule has 0 aromatic heterocycles. The molecular formula is C13H14O4. The highest BCUT2D eigenvalue weighted by molar-refractivity contribution is 5.89. The van der Waals surface area contributed by atoms with Crippen molar-refractivity contribution in [3.05, 3.63) is 48.6 Å². The van der Waals surface area contributed by atoms with Crippen LogP contribution in [0.1, 0.15) is 12.0 Å². The fourth-order valence-corrected chi connectivity index (χ4v) is 1.23. The first kappa shape index (κ1) is 13.0. The molecule has 1 aromatic rings. The van der Waals surface area contributed by atoms with Crippen LogP contribution in [0.15, 0.2) is 43.0 Å². The van der Waals surface area contributed by atoms with Crippen LogP contribution in [0.25, 0.3) is 0 Å². The molecule has 0 radical (unpaired) electrons. The first-order valence-electron chi connectivity index (χ1n) is 5.27. The Labute approximate surface area is 99.8 Å². The predicted octanol–water partition coefficient (Wildman–Crippen LogP) is 2.49. The van der Waals surface area contributed by atoms with Crippen LogP contribution in [0.5, 0.6) is 0 Å². The standard InChI is InChI=1S/C13H14O4/c1-2-12(14)17-13(15)16-10-6-9-11-7-4-3-5-8-11/h2-5,7-8H,1,6,9-10H2. The van der Waals surface area contributed by atoms with E-state index in [-0.39, 0.29) is 6.61 Å². The molecule has 0 fully saturated rings. The topological polar surface area (TPSA) is 52.6 Å². The highest BCUT2D eigenvalue weighted by atomic mass is 16.7. The van der Waals surface area contributed by atoms with Crippen molar-refractivity contribution in [3.63, 3.8) is 0 Å². The van der Waals surface area contributed by atoms with E-state index in [0.717, 1.165) is 12.5 Å². The second-order valence-electron chi connectivity index (χ2n) is 3.31. The summed E-state index contributed by atoms with van der Waals surface area (Å²) < 4.78 is 8.94. The van der Waals surface area contributed by atoms with E-state index in [0.29, 0.717) is 6.42 Å². The smallest absolute Gasteiger partial charge is 0.434 e. The first-order chi connectivity index (χ1) is 8.22. The molecule has 4 nitrogen and oxygen atoms in total. The largest absolute Gasteiger partial charge is 0.516 e. The number of carbonyl (C=O) groups excluding carboxylic acids is 2. The van der Waals surface area contributed by atoms with Crippen LogP contribution in [0.3, 0.4) is 0 Å². The summed E-state index contributed by atoms with van der Waals surface area (Å²) in [5, 5.41) is 0. The lowest BCUT2D eigenvalue weighted by atomic mass is 10.1. The third-order valence-corrected chi connectivity index (χ3v) is 2.02. The zero-order chi connectivity index (χ0) is 12.5. The minimum Gasteiger partial charge on any atom is -0.434 e. The van der Waals surface area contributed by atoms with Gasteiger partial charge in [-0.15, -0.1) is 0 Å². The summed E-state index contributed by atoms with van der Waals surface area (Å²) in [5.41, 5.74) is 1.17. The van der Waals surface area contributed by atoms with Gasteiger partial charge in [0.25, 0.3) is 0 Å². The summed E-state index contributed by atoms with van der Waals surface area (Å²) in [6, 6.07) is 9.85. The Kier molecular flexibility index (Phi) is 5.51. The van der Waals surface area contributed by atoms with Crippen LogP contribution in [0.4, 0.5) is 4.79 Å². The van der Waals surface area contributed by atoms with Crippen LogP contribution in [-0.2, 0) is 20.7 Å². The van der Waals surface area contributed by atoms with Crippen LogP contribution >= 0.6 is 0 Å². The summed E-state index contributed by atoms with van der Waals surface area (Å²) >= 11 is 0. The lowest BCUT2D eigenvalue weighted by molar-refractivity contribution is -0.134. The van der Waals surface area contributed by atoms with Crippen molar-refractivity contribution in [1.82, 2.24) is 0 Å². The van der Waals surface area contributed by atoms with Gasteiger partial charge in [0.15, 0.2) is 0 Å². The molecular weight excluding hydrogens is 220 g/mol. The number of esters is 1. The van der Waals surface area contributed by atoms with Gasteiger partial charge in [-0.25, -0.2) is 9.59 Å².